The zero-order valence-electron chi connectivity index (χ0n) is 24.1. The zero-order chi connectivity index (χ0) is 26.2. The van der Waals surface area contributed by atoms with Crippen molar-refractivity contribution in [3.8, 4) is 0 Å². The molecule has 0 spiro atoms. The Morgan fingerprint density at radius 1 is 0.500 bits per heavy atom. The molecule has 0 aromatic carbocycles. The van der Waals surface area contributed by atoms with Crippen molar-refractivity contribution in [3.05, 3.63) is 0 Å². The Labute approximate surface area is 263 Å². The van der Waals surface area contributed by atoms with Crippen LogP contribution in [0.3, 0.4) is 0 Å². The monoisotopic (exact) mass is 530 g/mol. The second-order valence-corrected chi connectivity index (χ2v) is 8.99. The van der Waals surface area contributed by atoms with E-state index >= 15 is 0 Å². The first-order valence-corrected chi connectivity index (χ1v) is 13.0. The van der Waals surface area contributed by atoms with Gasteiger partial charge in [-0.05, 0) is 12.8 Å². The maximum absolute atomic E-state index is 11.4. The molecule has 0 saturated heterocycles. The Morgan fingerprint density at radius 2 is 0.750 bits per heavy atom. The Bertz CT molecular complexity index is 517. The van der Waals surface area contributed by atoms with E-state index in [1.165, 1.54) is 75.3 Å². The van der Waals surface area contributed by atoms with Crippen molar-refractivity contribution < 1.29 is 88.5 Å². The Hall–Kier alpha value is -0.120. The fourth-order valence-electron chi connectivity index (χ4n) is 3.41. The number of carbonyl (C=O) groups is 4. The van der Waals surface area contributed by atoms with E-state index in [9.17, 15) is 29.4 Å². The Balaban J connectivity index is -0.000000269. The van der Waals surface area contributed by atoms with Crippen molar-refractivity contribution >= 4 is 23.8 Å². The second-order valence-electron chi connectivity index (χ2n) is 8.99. The van der Waals surface area contributed by atoms with Crippen LogP contribution in [0.4, 0.5) is 0 Å². The second kappa shape index (κ2) is 31.1. The smallest absolute Gasteiger partial charge is 0.548 e. The van der Waals surface area contributed by atoms with Gasteiger partial charge in [0.2, 0.25) is 11.8 Å². The van der Waals surface area contributed by atoms with E-state index < -0.39 is 11.9 Å². The summed E-state index contributed by atoms with van der Waals surface area (Å²) >= 11 is 0. The summed E-state index contributed by atoms with van der Waals surface area (Å²) in [5, 5.41) is 20.6. The fraction of sp³-hybridized carbons (Fsp3) is 0.846. The SMILES string of the molecule is CCCCCCCCCC(=O)N(C)CC(=O)[O-].CCCCCCCCCC(=O)N(C)CC(=O)[O-].[Na+].[Na+]. The van der Waals surface area contributed by atoms with Crippen LogP contribution in [0, 0.1) is 0 Å². The van der Waals surface area contributed by atoms with E-state index in [4.69, 9.17) is 0 Å². The molecule has 2 amide bonds. The average molecular weight is 531 g/mol. The van der Waals surface area contributed by atoms with Crippen LogP contribution < -0.4 is 69.3 Å². The summed E-state index contributed by atoms with van der Waals surface area (Å²) in [6.45, 7) is 3.75. The van der Waals surface area contributed by atoms with E-state index in [2.05, 4.69) is 13.8 Å². The summed E-state index contributed by atoms with van der Waals surface area (Å²) < 4.78 is 0. The molecule has 0 N–H and O–H groups in total. The molecule has 8 nitrogen and oxygen atoms in total. The van der Waals surface area contributed by atoms with Crippen molar-refractivity contribution in [2.45, 2.75) is 117 Å². The molecule has 0 saturated carbocycles. The molecule has 0 aliphatic heterocycles. The van der Waals surface area contributed by atoms with E-state index in [1.54, 1.807) is 0 Å². The molecular weight excluding hydrogens is 482 g/mol. The molecule has 0 fully saturated rings. The number of unbranched alkanes of at least 4 members (excludes halogenated alkanes) is 12. The number of aliphatic carboxylic acids is 2. The molecule has 0 aromatic rings. The molecule has 0 atom stereocenters. The number of rotatable bonds is 20. The van der Waals surface area contributed by atoms with Crippen LogP contribution in [0.2, 0.25) is 0 Å². The Kier molecular flexibility index (Phi) is 37.1. The number of carboxylic acids is 2. The van der Waals surface area contributed by atoms with E-state index in [1.807, 2.05) is 0 Å². The van der Waals surface area contributed by atoms with Gasteiger partial charge in [0.05, 0.1) is 25.0 Å². The van der Waals surface area contributed by atoms with Crippen LogP contribution in [-0.4, -0.2) is 60.7 Å². The number of likely N-dealkylation sites (N-methyl/N-ethyl adjacent to an activating group) is 2. The molecule has 10 heteroatoms. The van der Waals surface area contributed by atoms with Gasteiger partial charge in [0.15, 0.2) is 0 Å². The molecule has 200 valence electrons. The average Bonchev–Trinajstić information content (AvgIpc) is 2.77. The van der Waals surface area contributed by atoms with Gasteiger partial charge in [0.1, 0.15) is 0 Å². The summed E-state index contributed by atoms with van der Waals surface area (Å²) in [5.41, 5.74) is 0. The standard InChI is InChI=1S/2C13H25NO3.2Na/c2*1-3-4-5-6-7-8-9-10-12(15)14(2)11-13(16)17;;/h2*3-11H2,1-2H3,(H,16,17);;/q;;2*+1/p-2. The summed E-state index contributed by atoms with van der Waals surface area (Å²) in [4.78, 5) is 45.9. The summed E-state index contributed by atoms with van der Waals surface area (Å²) in [7, 11) is 3.00. The van der Waals surface area contributed by atoms with Crippen molar-refractivity contribution in [1.29, 1.82) is 0 Å². The first-order valence-electron chi connectivity index (χ1n) is 13.0. The first kappa shape index (κ1) is 43.0. The molecule has 0 aromatic heterocycles. The molecule has 0 radical (unpaired) electrons. The minimum absolute atomic E-state index is 0. The van der Waals surface area contributed by atoms with Gasteiger partial charge in [-0.15, -0.1) is 0 Å². The Morgan fingerprint density at radius 3 is 1.00 bits per heavy atom. The third kappa shape index (κ3) is 31.9. The minimum Gasteiger partial charge on any atom is -0.548 e. The normalized spacial score (nSPS) is 9.67. The van der Waals surface area contributed by atoms with Crippen molar-refractivity contribution in [1.82, 2.24) is 9.80 Å². The molecule has 0 bridgehead atoms. The van der Waals surface area contributed by atoms with Gasteiger partial charge in [0.25, 0.3) is 0 Å². The third-order valence-electron chi connectivity index (χ3n) is 5.57. The zero-order valence-corrected chi connectivity index (χ0v) is 28.1. The number of hydrogen-bond donors (Lipinski definition) is 0. The van der Waals surface area contributed by atoms with Gasteiger partial charge in [-0.2, -0.15) is 0 Å². The fourth-order valence-corrected chi connectivity index (χ4v) is 3.41. The molecule has 0 unspecified atom stereocenters. The van der Waals surface area contributed by atoms with Gasteiger partial charge in [-0.25, -0.2) is 0 Å². The van der Waals surface area contributed by atoms with Crippen molar-refractivity contribution in [2.24, 2.45) is 0 Å². The van der Waals surface area contributed by atoms with Crippen molar-refractivity contribution in [3.63, 3.8) is 0 Å². The predicted molar refractivity (Wildman–Crippen MR) is 131 cm³/mol. The molecule has 0 aliphatic carbocycles. The van der Waals surface area contributed by atoms with Crippen LogP contribution in [0.5, 0.6) is 0 Å². The number of carboxylic acid groups (broad SMARTS) is 2. The third-order valence-corrected chi connectivity index (χ3v) is 5.57. The first-order chi connectivity index (χ1) is 16.1. The quantitative estimate of drug-likeness (QED) is 0.120. The maximum atomic E-state index is 11.4. The summed E-state index contributed by atoms with van der Waals surface area (Å²) in [5.74, 6) is -2.63. The predicted octanol–water partition coefficient (Wildman–Crippen LogP) is -3.32. The van der Waals surface area contributed by atoms with Gasteiger partial charge in [-0.3, -0.25) is 9.59 Å². The van der Waals surface area contributed by atoms with E-state index in [-0.39, 0.29) is 84.0 Å². The molecule has 0 heterocycles. The maximum Gasteiger partial charge on any atom is 1.00 e. The molecule has 0 aliphatic rings. The van der Waals surface area contributed by atoms with Crippen molar-refractivity contribution in [2.75, 3.05) is 27.2 Å². The van der Waals surface area contributed by atoms with Gasteiger partial charge >= 0.3 is 59.1 Å². The summed E-state index contributed by atoms with van der Waals surface area (Å²) in [6.07, 6.45) is 17.1. The van der Waals surface area contributed by atoms with Crippen LogP contribution in [0.15, 0.2) is 0 Å². The molecule has 0 rings (SSSR count). The van der Waals surface area contributed by atoms with Gasteiger partial charge in [-0.1, -0.05) is 90.9 Å². The summed E-state index contributed by atoms with van der Waals surface area (Å²) in [6, 6.07) is 0. The number of amides is 2. The number of nitrogens with zero attached hydrogens (tertiary/aromatic N) is 2. The number of hydrogen-bond acceptors (Lipinski definition) is 6. The topological polar surface area (TPSA) is 121 Å². The van der Waals surface area contributed by atoms with Gasteiger partial charge < -0.3 is 29.6 Å². The number of carbonyl (C=O) groups excluding carboxylic acids is 4. The van der Waals surface area contributed by atoms with Crippen LogP contribution in [-0.2, 0) is 19.2 Å². The minimum atomic E-state index is -1.21. The van der Waals surface area contributed by atoms with Crippen LogP contribution >= 0.6 is 0 Å². The van der Waals surface area contributed by atoms with Gasteiger partial charge in [0, 0.05) is 26.9 Å². The van der Waals surface area contributed by atoms with Crippen LogP contribution in [0.1, 0.15) is 117 Å². The van der Waals surface area contributed by atoms with E-state index in [0.717, 1.165) is 38.5 Å². The largest absolute Gasteiger partial charge is 1.00 e. The van der Waals surface area contributed by atoms with Crippen LogP contribution in [0.25, 0.3) is 0 Å². The molecule has 36 heavy (non-hydrogen) atoms. The van der Waals surface area contributed by atoms with E-state index in [0.29, 0.717) is 12.8 Å². The molecular formula is C26H48N2Na2O6.